The minimum atomic E-state index is -0.197. The van der Waals surface area contributed by atoms with Gasteiger partial charge in [-0.1, -0.05) is 26.0 Å². The molecule has 0 N–H and O–H groups in total. The fourth-order valence-electron chi connectivity index (χ4n) is 4.01. The lowest BCUT2D eigenvalue weighted by Crippen LogP contribution is -2.49. The van der Waals surface area contributed by atoms with Crippen molar-refractivity contribution in [2.45, 2.75) is 39.0 Å². The molecule has 1 unspecified atom stereocenters. The lowest BCUT2D eigenvalue weighted by Gasteiger charge is -2.44. The van der Waals surface area contributed by atoms with Crippen LogP contribution in [0.25, 0.3) is 0 Å². The normalized spacial score (nSPS) is 23.1. The number of carbonyl (C=O) groups excluding carboxylic acids is 2. The van der Waals surface area contributed by atoms with Crippen LogP contribution in [0, 0.1) is 5.41 Å². The van der Waals surface area contributed by atoms with Crippen LogP contribution in [-0.4, -0.2) is 42.9 Å². The van der Waals surface area contributed by atoms with Crippen LogP contribution in [0.15, 0.2) is 35.5 Å². The summed E-state index contributed by atoms with van der Waals surface area (Å²) in [4.78, 5) is 25.9. The summed E-state index contributed by atoms with van der Waals surface area (Å²) in [7, 11) is 5.32. The second-order valence-corrected chi connectivity index (χ2v) is 7.89. The van der Waals surface area contributed by atoms with Crippen molar-refractivity contribution in [3.63, 3.8) is 0 Å². The van der Waals surface area contributed by atoms with Gasteiger partial charge in [-0.15, -0.1) is 0 Å². The van der Waals surface area contributed by atoms with E-state index in [-0.39, 0.29) is 23.0 Å². The second kappa shape index (κ2) is 6.30. The van der Waals surface area contributed by atoms with Crippen LogP contribution in [0.1, 0.15) is 44.6 Å². The third-order valence-corrected chi connectivity index (χ3v) is 5.01. The molecular formula is C20H26N2O3. The van der Waals surface area contributed by atoms with Crippen LogP contribution in [0.4, 0.5) is 0 Å². The van der Waals surface area contributed by atoms with Gasteiger partial charge in [0.05, 0.1) is 7.11 Å². The molecule has 1 heterocycles. The molecule has 1 atom stereocenters. The molecule has 5 heteroatoms. The van der Waals surface area contributed by atoms with E-state index in [1.165, 1.54) is 0 Å². The number of rotatable bonds is 3. The van der Waals surface area contributed by atoms with E-state index in [2.05, 4.69) is 13.8 Å². The molecule has 5 nitrogen and oxygen atoms in total. The molecule has 0 spiro atoms. The van der Waals surface area contributed by atoms with Gasteiger partial charge in [-0.2, -0.15) is 0 Å². The fourth-order valence-corrected chi connectivity index (χ4v) is 4.01. The monoisotopic (exact) mass is 342 g/mol. The molecule has 1 aliphatic heterocycles. The predicted molar refractivity (Wildman–Crippen MR) is 95.9 cm³/mol. The standard InChI is InChI=1S/C20H26N2O3/c1-20(2)11-16-19(17(23)12-20)15(10-18(24)22(16)21(3)4)13-7-6-8-14(9-13)25-5/h6-9,15H,10-12H2,1-5H3. The Labute approximate surface area is 149 Å². The average molecular weight is 342 g/mol. The Morgan fingerprint density at radius 2 is 1.92 bits per heavy atom. The number of hydrogen-bond donors (Lipinski definition) is 0. The van der Waals surface area contributed by atoms with Crippen LogP contribution >= 0.6 is 0 Å². The number of benzene rings is 1. The van der Waals surface area contributed by atoms with Gasteiger partial charge in [0.25, 0.3) is 0 Å². The zero-order valence-electron chi connectivity index (χ0n) is 15.6. The smallest absolute Gasteiger partial charge is 0.242 e. The third kappa shape index (κ3) is 3.21. The lowest BCUT2D eigenvalue weighted by atomic mass is 9.69. The van der Waals surface area contributed by atoms with Crippen LogP contribution in [0.3, 0.4) is 0 Å². The summed E-state index contributed by atoms with van der Waals surface area (Å²) in [6, 6.07) is 7.69. The molecule has 0 saturated heterocycles. The van der Waals surface area contributed by atoms with Gasteiger partial charge < -0.3 is 4.74 Å². The Kier molecular flexibility index (Phi) is 4.45. The van der Waals surface area contributed by atoms with Crippen LogP contribution in [0.2, 0.25) is 0 Å². The van der Waals surface area contributed by atoms with Crippen molar-refractivity contribution in [1.29, 1.82) is 0 Å². The zero-order chi connectivity index (χ0) is 18.4. The summed E-state index contributed by atoms with van der Waals surface area (Å²) in [5.74, 6) is 0.726. The second-order valence-electron chi connectivity index (χ2n) is 7.89. The Balaban J connectivity index is 2.15. The van der Waals surface area contributed by atoms with Crippen molar-refractivity contribution in [3.8, 4) is 5.75 Å². The first kappa shape index (κ1) is 17.7. The van der Waals surface area contributed by atoms with Gasteiger partial charge >= 0.3 is 0 Å². The number of ketones is 1. The summed E-state index contributed by atoms with van der Waals surface area (Å²) in [6.07, 6.45) is 1.54. The zero-order valence-corrected chi connectivity index (χ0v) is 15.6. The van der Waals surface area contributed by atoms with Gasteiger partial charge in [-0.3, -0.25) is 9.59 Å². The molecule has 0 saturated carbocycles. The molecule has 134 valence electrons. The third-order valence-electron chi connectivity index (χ3n) is 5.01. The Morgan fingerprint density at radius 1 is 1.20 bits per heavy atom. The maximum absolute atomic E-state index is 13.0. The van der Waals surface area contributed by atoms with Crippen molar-refractivity contribution in [2.75, 3.05) is 21.2 Å². The van der Waals surface area contributed by atoms with Gasteiger partial charge in [0.1, 0.15) is 5.75 Å². The number of amides is 1. The average Bonchev–Trinajstić information content (AvgIpc) is 2.52. The van der Waals surface area contributed by atoms with E-state index in [0.29, 0.717) is 12.8 Å². The molecule has 25 heavy (non-hydrogen) atoms. The van der Waals surface area contributed by atoms with E-state index in [1.807, 2.05) is 38.4 Å². The Hall–Kier alpha value is -2.14. The number of methoxy groups -OCH3 is 1. The Morgan fingerprint density at radius 3 is 2.56 bits per heavy atom. The maximum atomic E-state index is 13.0. The quantitative estimate of drug-likeness (QED) is 0.847. The molecule has 2 aliphatic rings. The number of carbonyl (C=O) groups is 2. The van der Waals surface area contributed by atoms with Gasteiger partial charge in [0.2, 0.25) is 5.91 Å². The minimum absolute atomic E-state index is 0.0297. The van der Waals surface area contributed by atoms with Crippen molar-refractivity contribution in [3.05, 3.63) is 41.1 Å². The van der Waals surface area contributed by atoms with Crippen molar-refractivity contribution >= 4 is 11.7 Å². The number of Topliss-reactive ketones (excluding diaryl/α,β-unsaturated/α-hetero) is 1. The minimum Gasteiger partial charge on any atom is -0.497 e. The summed E-state index contributed by atoms with van der Waals surface area (Å²) in [5, 5.41) is 3.47. The first-order chi connectivity index (χ1) is 11.7. The van der Waals surface area contributed by atoms with Crippen molar-refractivity contribution < 1.29 is 14.3 Å². The largest absolute Gasteiger partial charge is 0.497 e. The van der Waals surface area contributed by atoms with Crippen LogP contribution in [0.5, 0.6) is 5.75 Å². The van der Waals surface area contributed by atoms with Gasteiger partial charge in [-0.05, 0) is 29.5 Å². The van der Waals surface area contributed by atoms with E-state index in [0.717, 1.165) is 29.0 Å². The molecule has 1 aromatic rings. The molecule has 1 amide bonds. The molecular weight excluding hydrogens is 316 g/mol. The molecule has 0 bridgehead atoms. The first-order valence-electron chi connectivity index (χ1n) is 8.64. The number of hydrogen-bond acceptors (Lipinski definition) is 4. The van der Waals surface area contributed by atoms with Crippen molar-refractivity contribution in [1.82, 2.24) is 10.0 Å². The van der Waals surface area contributed by atoms with E-state index < -0.39 is 0 Å². The number of nitrogens with zero attached hydrogens (tertiary/aromatic N) is 2. The topological polar surface area (TPSA) is 49.9 Å². The van der Waals surface area contributed by atoms with Crippen molar-refractivity contribution in [2.24, 2.45) is 5.41 Å². The van der Waals surface area contributed by atoms with Crippen LogP contribution < -0.4 is 4.74 Å². The molecule has 0 radical (unpaired) electrons. The fraction of sp³-hybridized carbons (Fsp3) is 0.500. The predicted octanol–water partition coefficient (Wildman–Crippen LogP) is 3.13. The molecule has 3 rings (SSSR count). The maximum Gasteiger partial charge on any atom is 0.242 e. The highest BCUT2D eigenvalue weighted by Crippen LogP contribution is 2.47. The number of allylic oxidation sites excluding steroid dienone is 2. The number of ether oxygens (including phenoxy) is 1. The van der Waals surface area contributed by atoms with E-state index in [9.17, 15) is 9.59 Å². The first-order valence-corrected chi connectivity index (χ1v) is 8.64. The van der Waals surface area contributed by atoms with Gasteiger partial charge in [0, 0.05) is 44.1 Å². The molecule has 0 aromatic heterocycles. The van der Waals surface area contributed by atoms with E-state index in [1.54, 1.807) is 17.1 Å². The molecule has 1 aliphatic carbocycles. The van der Waals surface area contributed by atoms with Gasteiger partial charge in [0.15, 0.2) is 5.78 Å². The summed E-state index contributed by atoms with van der Waals surface area (Å²) < 4.78 is 5.32. The van der Waals surface area contributed by atoms with Crippen LogP contribution in [-0.2, 0) is 9.59 Å². The highest BCUT2D eigenvalue weighted by Gasteiger charge is 2.44. The SMILES string of the molecule is COc1cccc(C2CC(=O)N(N(C)C)C3=C2C(=O)CC(C)(C)C3)c1. The molecule has 0 fully saturated rings. The highest BCUT2D eigenvalue weighted by molar-refractivity contribution is 6.02. The number of hydrazine groups is 1. The summed E-state index contributed by atoms with van der Waals surface area (Å²) in [6.45, 7) is 4.17. The van der Waals surface area contributed by atoms with Gasteiger partial charge in [-0.25, -0.2) is 10.0 Å². The van der Waals surface area contributed by atoms with E-state index >= 15 is 0 Å². The summed E-state index contributed by atoms with van der Waals surface area (Å²) >= 11 is 0. The summed E-state index contributed by atoms with van der Waals surface area (Å²) in [5.41, 5.74) is 2.48. The molecule has 1 aromatic carbocycles. The Bertz CT molecular complexity index is 749. The lowest BCUT2D eigenvalue weighted by molar-refractivity contribution is -0.143. The van der Waals surface area contributed by atoms with E-state index in [4.69, 9.17) is 4.74 Å². The highest BCUT2D eigenvalue weighted by atomic mass is 16.5.